The number of thiazole rings is 1. The first-order chi connectivity index (χ1) is 11.0. The number of hydrogen-bond acceptors (Lipinski definition) is 4. The molecule has 1 fully saturated rings. The average Bonchev–Trinajstić information content (AvgIpc) is 2.96. The molecule has 1 aromatic rings. The monoisotopic (exact) mass is 337 g/mol. The molecule has 0 aliphatic heterocycles. The molecular formula is C16H27N5OS. The Morgan fingerprint density at radius 1 is 1.39 bits per heavy atom. The van der Waals surface area contributed by atoms with Gasteiger partial charge >= 0.3 is 0 Å². The predicted octanol–water partition coefficient (Wildman–Crippen LogP) is 1.91. The number of rotatable bonds is 5. The van der Waals surface area contributed by atoms with E-state index < -0.39 is 0 Å². The molecule has 1 aliphatic carbocycles. The van der Waals surface area contributed by atoms with E-state index in [0.717, 1.165) is 10.7 Å². The quantitative estimate of drug-likeness (QED) is 0.636. The highest BCUT2D eigenvalue weighted by Gasteiger charge is 2.15. The van der Waals surface area contributed by atoms with Gasteiger partial charge in [-0.1, -0.05) is 19.3 Å². The maximum Gasteiger partial charge on any atom is 0.243 e. The summed E-state index contributed by atoms with van der Waals surface area (Å²) in [5.74, 6) is 0.708. The van der Waals surface area contributed by atoms with Crippen LogP contribution in [0.5, 0.6) is 0 Å². The van der Waals surface area contributed by atoms with Gasteiger partial charge in [0.15, 0.2) is 5.96 Å². The van der Waals surface area contributed by atoms with Crippen LogP contribution < -0.4 is 10.6 Å². The van der Waals surface area contributed by atoms with Crippen molar-refractivity contribution >= 4 is 23.2 Å². The molecule has 1 aromatic heterocycles. The van der Waals surface area contributed by atoms with Gasteiger partial charge in [-0.05, 0) is 19.8 Å². The number of carbonyl (C=O) groups excluding carboxylic acids is 1. The Morgan fingerprint density at radius 3 is 2.74 bits per heavy atom. The van der Waals surface area contributed by atoms with Crippen molar-refractivity contribution in [3.8, 4) is 0 Å². The van der Waals surface area contributed by atoms with E-state index in [1.165, 1.54) is 32.1 Å². The normalized spacial score (nSPS) is 16.2. The van der Waals surface area contributed by atoms with Gasteiger partial charge in [0.25, 0.3) is 0 Å². The molecule has 0 unspecified atom stereocenters. The second kappa shape index (κ2) is 8.86. The number of aromatic nitrogens is 1. The van der Waals surface area contributed by atoms with Gasteiger partial charge < -0.3 is 15.5 Å². The van der Waals surface area contributed by atoms with Crippen LogP contribution in [0.25, 0.3) is 0 Å². The molecule has 0 saturated heterocycles. The van der Waals surface area contributed by atoms with E-state index in [0.29, 0.717) is 18.5 Å². The van der Waals surface area contributed by atoms with Gasteiger partial charge in [0.2, 0.25) is 5.91 Å². The fraction of sp³-hybridized carbons (Fsp3) is 0.688. The first kappa shape index (κ1) is 17.7. The van der Waals surface area contributed by atoms with Gasteiger partial charge in [0, 0.05) is 31.2 Å². The number of aliphatic imine (C=N–C) groups is 1. The Bertz CT molecular complexity index is 534. The van der Waals surface area contributed by atoms with Gasteiger partial charge in [0.05, 0.1) is 6.54 Å². The zero-order valence-corrected chi connectivity index (χ0v) is 15.1. The van der Waals surface area contributed by atoms with Crippen LogP contribution in [0, 0.1) is 6.92 Å². The van der Waals surface area contributed by atoms with E-state index in [1.807, 2.05) is 12.3 Å². The minimum Gasteiger partial charge on any atom is -0.354 e. The molecule has 1 saturated carbocycles. The molecule has 0 spiro atoms. The number of nitrogens with zero attached hydrogens (tertiary/aromatic N) is 3. The van der Waals surface area contributed by atoms with Crippen LogP contribution in [0.15, 0.2) is 10.4 Å². The minimum absolute atomic E-state index is 0.000151. The molecule has 1 heterocycles. The van der Waals surface area contributed by atoms with Crippen LogP contribution in [0.3, 0.4) is 0 Å². The van der Waals surface area contributed by atoms with E-state index in [2.05, 4.69) is 20.6 Å². The topological polar surface area (TPSA) is 69.6 Å². The Labute approximate surface area is 142 Å². The molecule has 0 aromatic carbocycles. The average molecular weight is 337 g/mol. The standard InChI is InChI=1S/C16H27N5OS/c1-12-11-23-14(19-12)9-17-16(18-10-15(22)21(2)3)20-13-7-5-4-6-8-13/h11,13H,4-10H2,1-3H3,(H2,17,18,20). The highest BCUT2D eigenvalue weighted by Crippen LogP contribution is 2.17. The van der Waals surface area contributed by atoms with Gasteiger partial charge in [0.1, 0.15) is 11.6 Å². The zero-order valence-electron chi connectivity index (χ0n) is 14.3. The number of hydrogen-bond donors (Lipinski definition) is 2. The van der Waals surface area contributed by atoms with E-state index in [1.54, 1.807) is 30.3 Å². The summed E-state index contributed by atoms with van der Waals surface area (Å²) >= 11 is 1.64. The number of aryl methyl sites for hydroxylation is 1. The van der Waals surface area contributed by atoms with Crippen LogP contribution >= 0.6 is 11.3 Å². The lowest BCUT2D eigenvalue weighted by molar-refractivity contribution is -0.127. The Balaban J connectivity index is 1.94. The summed E-state index contributed by atoms with van der Waals surface area (Å²) in [6.45, 7) is 2.78. The largest absolute Gasteiger partial charge is 0.354 e. The maximum absolute atomic E-state index is 11.8. The molecule has 6 nitrogen and oxygen atoms in total. The number of amides is 1. The second-order valence-corrected chi connectivity index (χ2v) is 7.11. The lowest BCUT2D eigenvalue weighted by atomic mass is 9.96. The fourth-order valence-electron chi connectivity index (χ4n) is 2.52. The highest BCUT2D eigenvalue weighted by atomic mass is 32.1. The van der Waals surface area contributed by atoms with E-state index in [9.17, 15) is 4.79 Å². The van der Waals surface area contributed by atoms with Crippen molar-refractivity contribution in [3.05, 3.63) is 16.1 Å². The summed E-state index contributed by atoms with van der Waals surface area (Å²) in [6.07, 6.45) is 6.16. The Kier molecular flexibility index (Phi) is 6.83. The van der Waals surface area contributed by atoms with Crippen molar-refractivity contribution < 1.29 is 4.79 Å². The molecule has 2 rings (SSSR count). The van der Waals surface area contributed by atoms with Gasteiger partial charge in [-0.2, -0.15) is 0 Å². The summed E-state index contributed by atoms with van der Waals surface area (Å²) < 4.78 is 0. The number of likely N-dealkylation sites (N-methyl/N-ethyl adjacent to an activating group) is 1. The van der Waals surface area contributed by atoms with Gasteiger partial charge in [-0.25, -0.2) is 9.98 Å². The third kappa shape index (κ3) is 6.17. The number of carbonyl (C=O) groups is 1. The van der Waals surface area contributed by atoms with Crippen molar-refractivity contribution in [2.75, 3.05) is 20.6 Å². The highest BCUT2D eigenvalue weighted by molar-refractivity contribution is 7.09. The zero-order chi connectivity index (χ0) is 16.7. The number of nitrogens with one attached hydrogen (secondary N) is 2. The second-order valence-electron chi connectivity index (χ2n) is 6.17. The molecular weight excluding hydrogens is 310 g/mol. The fourth-order valence-corrected chi connectivity index (χ4v) is 3.24. The molecule has 7 heteroatoms. The molecule has 0 bridgehead atoms. The Morgan fingerprint density at radius 2 is 2.13 bits per heavy atom. The minimum atomic E-state index is -0.000151. The third-order valence-corrected chi connectivity index (χ3v) is 4.86. The van der Waals surface area contributed by atoms with E-state index in [-0.39, 0.29) is 12.5 Å². The third-order valence-electron chi connectivity index (χ3n) is 3.89. The van der Waals surface area contributed by atoms with Crippen LogP contribution in [0.1, 0.15) is 42.8 Å². The van der Waals surface area contributed by atoms with Gasteiger partial charge in [-0.3, -0.25) is 4.79 Å². The summed E-state index contributed by atoms with van der Waals surface area (Å²) in [6, 6.07) is 0.447. The number of guanidine groups is 1. The smallest absolute Gasteiger partial charge is 0.243 e. The molecule has 23 heavy (non-hydrogen) atoms. The van der Waals surface area contributed by atoms with Crippen LogP contribution in [0.2, 0.25) is 0 Å². The van der Waals surface area contributed by atoms with Crippen molar-refractivity contribution in [2.24, 2.45) is 4.99 Å². The summed E-state index contributed by atoms with van der Waals surface area (Å²) in [4.78, 5) is 22.2. The van der Waals surface area contributed by atoms with Gasteiger partial charge in [-0.15, -0.1) is 11.3 Å². The van der Waals surface area contributed by atoms with Crippen molar-refractivity contribution in [1.29, 1.82) is 0 Å². The molecule has 0 atom stereocenters. The maximum atomic E-state index is 11.8. The predicted molar refractivity (Wildman–Crippen MR) is 94.7 cm³/mol. The molecule has 0 radical (unpaired) electrons. The first-order valence-electron chi connectivity index (χ1n) is 8.20. The summed E-state index contributed by atoms with van der Waals surface area (Å²) in [5.41, 5.74) is 1.04. The SMILES string of the molecule is Cc1csc(CNC(=NCC(=O)N(C)C)NC2CCCCC2)n1. The molecule has 1 aliphatic rings. The summed E-state index contributed by atoms with van der Waals surface area (Å²) in [5, 5.41) is 9.85. The van der Waals surface area contributed by atoms with Crippen molar-refractivity contribution in [3.63, 3.8) is 0 Å². The molecule has 128 valence electrons. The van der Waals surface area contributed by atoms with Crippen LogP contribution in [-0.4, -0.2) is 48.4 Å². The van der Waals surface area contributed by atoms with Crippen LogP contribution in [-0.2, 0) is 11.3 Å². The van der Waals surface area contributed by atoms with E-state index in [4.69, 9.17) is 0 Å². The Hall–Kier alpha value is -1.63. The van der Waals surface area contributed by atoms with Crippen molar-refractivity contribution in [1.82, 2.24) is 20.5 Å². The van der Waals surface area contributed by atoms with E-state index >= 15 is 0 Å². The van der Waals surface area contributed by atoms with Crippen LogP contribution in [0.4, 0.5) is 0 Å². The molecule has 1 amide bonds. The first-order valence-corrected chi connectivity index (χ1v) is 9.08. The lowest BCUT2D eigenvalue weighted by Gasteiger charge is -2.25. The lowest BCUT2D eigenvalue weighted by Crippen LogP contribution is -2.44. The van der Waals surface area contributed by atoms with Crippen molar-refractivity contribution in [2.45, 2.75) is 51.6 Å². The summed E-state index contributed by atoms with van der Waals surface area (Å²) in [7, 11) is 3.50. The molecule has 2 N–H and O–H groups in total.